The van der Waals surface area contributed by atoms with Gasteiger partial charge in [0.05, 0.1) is 5.92 Å². The molecule has 2 aliphatic heterocycles. The fraction of sp³-hybridized carbons (Fsp3) is 0.875. The van der Waals surface area contributed by atoms with Crippen molar-refractivity contribution in [3.63, 3.8) is 0 Å². The van der Waals surface area contributed by atoms with E-state index < -0.39 is 5.97 Å². The third-order valence-corrected chi connectivity index (χ3v) is 5.84. The van der Waals surface area contributed by atoms with Crippen molar-refractivity contribution in [3.8, 4) is 0 Å². The van der Waals surface area contributed by atoms with E-state index in [-0.39, 0.29) is 30.1 Å². The van der Waals surface area contributed by atoms with Gasteiger partial charge in [-0.3, -0.25) is 4.79 Å². The highest BCUT2D eigenvalue weighted by atomic mass is 16.4. The number of hydrogen-bond donors (Lipinski definition) is 2. The largest absolute Gasteiger partial charge is 0.481 e. The van der Waals surface area contributed by atoms with Crippen LogP contribution in [-0.4, -0.2) is 40.1 Å². The topological polar surface area (TPSA) is 69.6 Å². The normalized spacial score (nSPS) is 38.5. The Balaban J connectivity index is 1.56. The first-order chi connectivity index (χ1) is 10.1. The molecule has 2 heterocycles. The molecule has 2 N–H and O–H groups in total. The summed E-state index contributed by atoms with van der Waals surface area (Å²) in [5, 5.41) is 12.4. The number of hydrogen-bond acceptors (Lipinski definition) is 2. The van der Waals surface area contributed by atoms with Crippen molar-refractivity contribution in [1.29, 1.82) is 0 Å². The average molecular weight is 294 g/mol. The second-order valence-corrected chi connectivity index (χ2v) is 6.96. The van der Waals surface area contributed by atoms with Crippen LogP contribution < -0.4 is 5.32 Å². The number of carboxylic acids is 1. The maximum Gasteiger partial charge on any atom is 0.318 e. The highest BCUT2D eigenvalue weighted by Crippen LogP contribution is 2.42. The van der Waals surface area contributed by atoms with Gasteiger partial charge < -0.3 is 15.3 Å². The lowest BCUT2D eigenvalue weighted by Crippen LogP contribution is -2.48. The summed E-state index contributed by atoms with van der Waals surface area (Å²) in [6.45, 7) is 2.23. The molecule has 3 fully saturated rings. The minimum Gasteiger partial charge on any atom is -0.481 e. The average Bonchev–Trinajstić information content (AvgIpc) is 3.05. The molecule has 0 aromatic heterocycles. The molecule has 1 saturated carbocycles. The van der Waals surface area contributed by atoms with Crippen LogP contribution >= 0.6 is 0 Å². The zero-order valence-corrected chi connectivity index (χ0v) is 12.8. The van der Waals surface area contributed by atoms with Crippen LogP contribution in [0.1, 0.15) is 58.3 Å². The molecule has 2 amide bonds. The molecular formula is C16H26N2O3. The summed E-state index contributed by atoms with van der Waals surface area (Å²) in [5.74, 6) is -0.286. The van der Waals surface area contributed by atoms with E-state index >= 15 is 0 Å². The molecule has 3 atom stereocenters. The molecule has 0 aromatic carbocycles. The second-order valence-electron chi connectivity index (χ2n) is 6.96. The Labute approximate surface area is 126 Å². The van der Waals surface area contributed by atoms with Crippen molar-refractivity contribution in [3.05, 3.63) is 0 Å². The van der Waals surface area contributed by atoms with E-state index in [0.717, 1.165) is 31.6 Å². The number of rotatable bonds is 3. The van der Waals surface area contributed by atoms with E-state index in [2.05, 4.69) is 12.2 Å². The van der Waals surface area contributed by atoms with Gasteiger partial charge in [-0.05, 0) is 50.9 Å². The predicted octanol–water partition coefficient (Wildman–Crippen LogP) is 2.60. The van der Waals surface area contributed by atoms with Gasteiger partial charge in [0, 0.05) is 18.1 Å². The Morgan fingerprint density at radius 1 is 1.14 bits per heavy atom. The van der Waals surface area contributed by atoms with Gasteiger partial charge in [0.2, 0.25) is 0 Å². The van der Waals surface area contributed by atoms with Crippen LogP contribution in [0, 0.1) is 11.8 Å². The molecule has 3 unspecified atom stereocenters. The van der Waals surface area contributed by atoms with Crippen LogP contribution in [0.15, 0.2) is 0 Å². The molecule has 2 saturated heterocycles. The Bertz CT molecular complexity index is 418. The highest BCUT2D eigenvalue weighted by Gasteiger charge is 2.51. The maximum atomic E-state index is 12.5. The van der Waals surface area contributed by atoms with Crippen molar-refractivity contribution in [1.82, 2.24) is 10.2 Å². The van der Waals surface area contributed by atoms with Gasteiger partial charge in [-0.2, -0.15) is 0 Å². The van der Waals surface area contributed by atoms with E-state index in [0.29, 0.717) is 6.42 Å². The Hall–Kier alpha value is -1.26. The van der Waals surface area contributed by atoms with Crippen molar-refractivity contribution in [2.75, 3.05) is 0 Å². The third-order valence-electron chi connectivity index (χ3n) is 5.84. The molecule has 118 valence electrons. The van der Waals surface area contributed by atoms with Crippen molar-refractivity contribution >= 4 is 12.0 Å². The summed E-state index contributed by atoms with van der Waals surface area (Å²) in [7, 11) is 0. The summed E-state index contributed by atoms with van der Waals surface area (Å²) in [4.78, 5) is 25.6. The lowest BCUT2D eigenvalue weighted by Gasteiger charge is -2.31. The van der Waals surface area contributed by atoms with E-state index in [1.807, 2.05) is 4.90 Å². The van der Waals surface area contributed by atoms with Crippen LogP contribution in [0.2, 0.25) is 0 Å². The molecule has 5 heteroatoms. The zero-order valence-electron chi connectivity index (χ0n) is 12.8. The fourth-order valence-corrected chi connectivity index (χ4v) is 4.53. The molecule has 0 spiro atoms. The third kappa shape index (κ3) is 2.74. The Morgan fingerprint density at radius 2 is 1.86 bits per heavy atom. The van der Waals surface area contributed by atoms with E-state index in [9.17, 15) is 14.7 Å². The van der Waals surface area contributed by atoms with Crippen molar-refractivity contribution in [2.24, 2.45) is 11.8 Å². The number of fused-ring (bicyclic) bond motifs is 2. The number of carbonyl (C=O) groups is 2. The molecular weight excluding hydrogens is 268 g/mol. The molecule has 0 aromatic rings. The first kappa shape index (κ1) is 14.7. The van der Waals surface area contributed by atoms with E-state index in [1.165, 1.54) is 19.3 Å². The van der Waals surface area contributed by atoms with Gasteiger partial charge in [-0.1, -0.05) is 13.3 Å². The second kappa shape index (κ2) is 5.85. The number of amides is 2. The van der Waals surface area contributed by atoms with Gasteiger partial charge >= 0.3 is 12.0 Å². The molecule has 3 aliphatic rings. The van der Waals surface area contributed by atoms with Crippen LogP contribution in [0.3, 0.4) is 0 Å². The van der Waals surface area contributed by atoms with Crippen LogP contribution in [0.5, 0.6) is 0 Å². The minimum atomic E-state index is -0.747. The number of carboxylic acid groups (broad SMARTS) is 1. The number of carbonyl (C=O) groups excluding carboxylic acids is 1. The van der Waals surface area contributed by atoms with Crippen molar-refractivity contribution < 1.29 is 14.7 Å². The van der Waals surface area contributed by atoms with Crippen molar-refractivity contribution in [2.45, 2.75) is 76.4 Å². The van der Waals surface area contributed by atoms with E-state index in [1.54, 1.807) is 0 Å². The first-order valence-corrected chi connectivity index (χ1v) is 8.41. The quantitative estimate of drug-likeness (QED) is 0.840. The highest BCUT2D eigenvalue weighted by molar-refractivity contribution is 5.79. The molecule has 5 nitrogen and oxygen atoms in total. The standard InChI is InChI=1S/C16H26N2O3/c1-2-10-3-5-11(6-4-10)17-16(21)18-12-7-8-14(18)13(9-12)15(19)20/h10-14H,2-9H2,1H3,(H,17,21)(H,19,20). The monoisotopic (exact) mass is 294 g/mol. The maximum absolute atomic E-state index is 12.5. The molecule has 2 bridgehead atoms. The summed E-state index contributed by atoms with van der Waals surface area (Å²) in [6.07, 6.45) is 8.21. The van der Waals surface area contributed by atoms with E-state index in [4.69, 9.17) is 0 Å². The van der Waals surface area contributed by atoms with Crippen LogP contribution in [-0.2, 0) is 4.79 Å². The fourth-order valence-electron chi connectivity index (χ4n) is 4.53. The van der Waals surface area contributed by atoms with Gasteiger partial charge in [-0.25, -0.2) is 4.79 Å². The van der Waals surface area contributed by atoms with Gasteiger partial charge in [0.1, 0.15) is 0 Å². The minimum absolute atomic E-state index is 0.0220. The SMILES string of the molecule is CCC1CCC(NC(=O)N2C3CCC2C(C(=O)O)C3)CC1. The van der Waals surface area contributed by atoms with Gasteiger partial charge in [0.25, 0.3) is 0 Å². The number of nitrogens with zero attached hydrogens (tertiary/aromatic N) is 1. The molecule has 1 aliphatic carbocycles. The zero-order chi connectivity index (χ0) is 15.0. The Morgan fingerprint density at radius 3 is 2.43 bits per heavy atom. The predicted molar refractivity (Wildman–Crippen MR) is 79.0 cm³/mol. The van der Waals surface area contributed by atoms with Gasteiger partial charge in [-0.15, -0.1) is 0 Å². The summed E-state index contributed by atoms with van der Waals surface area (Å²) in [5.41, 5.74) is 0. The summed E-state index contributed by atoms with van der Waals surface area (Å²) >= 11 is 0. The first-order valence-electron chi connectivity index (χ1n) is 8.41. The lowest BCUT2D eigenvalue weighted by atomic mass is 9.84. The van der Waals surface area contributed by atoms with Gasteiger partial charge in [0.15, 0.2) is 0 Å². The number of nitrogens with one attached hydrogen (secondary N) is 1. The summed E-state index contributed by atoms with van der Waals surface area (Å²) < 4.78 is 0. The Kier molecular flexibility index (Phi) is 4.09. The lowest BCUT2D eigenvalue weighted by molar-refractivity contribution is -0.142. The van der Waals surface area contributed by atoms with Crippen LogP contribution in [0.25, 0.3) is 0 Å². The number of aliphatic carboxylic acids is 1. The molecule has 21 heavy (non-hydrogen) atoms. The molecule has 0 radical (unpaired) electrons. The number of urea groups is 1. The molecule has 3 rings (SSSR count). The van der Waals surface area contributed by atoms with Crippen LogP contribution in [0.4, 0.5) is 4.79 Å². The smallest absolute Gasteiger partial charge is 0.318 e. The summed E-state index contributed by atoms with van der Waals surface area (Å²) in [6, 6.07) is 0.317.